The molecule has 0 saturated heterocycles. The van der Waals surface area contributed by atoms with E-state index >= 15 is 0 Å². The normalized spacial score (nSPS) is 12.5. The Bertz CT molecular complexity index is 262. The van der Waals surface area contributed by atoms with Crippen LogP contribution in [-0.4, -0.2) is 41.1 Å². The van der Waals surface area contributed by atoms with Crippen molar-refractivity contribution in [1.29, 1.82) is 0 Å². The fourth-order valence-electron chi connectivity index (χ4n) is 1.77. The summed E-state index contributed by atoms with van der Waals surface area (Å²) in [6.07, 6.45) is 0.800. The summed E-state index contributed by atoms with van der Waals surface area (Å²) in [5.74, 6) is 0.0639. The number of hydrogen-bond acceptors (Lipinski definition) is 4. The van der Waals surface area contributed by atoms with Crippen LogP contribution in [0.25, 0.3) is 0 Å². The number of nitrogens with one attached hydrogen (secondary N) is 1. The summed E-state index contributed by atoms with van der Waals surface area (Å²) in [6.45, 7) is 13.9. The minimum absolute atomic E-state index is 0.0639. The monoisotopic (exact) mass is 305 g/mol. The number of amides is 1. The van der Waals surface area contributed by atoms with Crippen LogP contribution in [0.5, 0.6) is 0 Å². The largest absolute Gasteiger partial charge is 0.500 e. The molecule has 6 heteroatoms. The zero-order valence-electron chi connectivity index (χ0n) is 13.9. The van der Waals surface area contributed by atoms with Gasteiger partial charge < -0.3 is 18.6 Å². The molecule has 120 valence electrons. The number of rotatable bonds is 10. The molecule has 0 heterocycles. The molecule has 0 spiro atoms. The van der Waals surface area contributed by atoms with Crippen LogP contribution < -0.4 is 5.32 Å². The van der Waals surface area contributed by atoms with Crippen molar-refractivity contribution in [3.63, 3.8) is 0 Å². The second-order valence-electron chi connectivity index (χ2n) is 5.59. The summed E-state index contributed by atoms with van der Waals surface area (Å²) < 4.78 is 17.3. The standard InChI is InChI=1S/C14H31NO4Si/c1-7-17-20(18-8-2,19-9-3)12-10-11-15-13(16)14(4,5)6/h7-12H2,1-6H3,(H,15,16). The highest BCUT2D eigenvalue weighted by Gasteiger charge is 2.39. The van der Waals surface area contributed by atoms with Crippen molar-refractivity contribution in [3.8, 4) is 0 Å². The third-order valence-corrected chi connectivity index (χ3v) is 5.87. The highest BCUT2D eigenvalue weighted by Crippen LogP contribution is 2.18. The average Bonchev–Trinajstić information content (AvgIpc) is 2.34. The summed E-state index contributed by atoms with van der Waals surface area (Å²) in [5.41, 5.74) is -0.353. The van der Waals surface area contributed by atoms with Crippen molar-refractivity contribution >= 4 is 14.7 Å². The summed E-state index contributed by atoms with van der Waals surface area (Å²) >= 11 is 0. The first-order valence-electron chi connectivity index (χ1n) is 7.51. The van der Waals surface area contributed by atoms with Crippen LogP contribution in [0, 0.1) is 5.41 Å². The van der Waals surface area contributed by atoms with Crippen molar-refractivity contribution in [2.45, 2.75) is 54.0 Å². The van der Waals surface area contributed by atoms with Gasteiger partial charge in [0.1, 0.15) is 0 Å². The number of carbonyl (C=O) groups excluding carboxylic acids is 1. The molecule has 1 N–H and O–H groups in total. The van der Waals surface area contributed by atoms with Gasteiger partial charge in [-0.25, -0.2) is 0 Å². The van der Waals surface area contributed by atoms with E-state index in [1.165, 1.54) is 0 Å². The molecule has 0 aromatic carbocycles. The van der Waals surface area contributed by atoms with Gasteiger partial charge in [-0.15, -0.1) is 0 Å². The van der Waals surface area contributed by atoms with Crippen LogP contribution in [0.4, 0.5) is 0 Å². The Labute approximate surface area is 124 Å². The van der Waals surface area contributed by atoms with E-state index in [1.54, 1.807) is 0 Å². The van der Waals surface area contributed by atoms with E-state index in [4.69, 9.17) is 13.3 Å². The van der Waals surface area contributed by atoms with Crippen LogP contribution in [0.1, 0.15) is 48.0 Å². The van der Waals surface area contributed by atoms with Crippen molar-refractivity contribution in [2.24, 2.45) is 5.41 Å². The molecule has 0 aromatic rings. The van der Waals surface area contributed by atoms with Gasteiger partial charge in [-0.1, -0.05) is 20.8 Å². The van der Waals surface area contributed by atoms with Crippen molar-refractivity contribution in [3.05, 3.63) is 0 Å². The molecule has 0 rings (SSSR count). The van der Waals surface area contributed by atoms with Crippen molar-refractivity contribution in [1.82, 2.24) is 5.32 Å². The first-order chi connectivity index (χ1) is 9.31. The van der Waals surface area contributed by atoms with E-state index < -0.39 is 8.80 Å². The fraction of sp³-hybridized carbons (Fsp3) is 0.929. The van der Waals surface area contributed by atoms with E-state index in [0.29, 0.717) is 26.4 Å². The SMILES string of the molecule is CCO[Si](CCCNC(=O)C(C)(C)C)(OCC)OCC. The molecular weight excluding hydrogens is 274 g/mol. The second-order valence-corrected chi connectivity index (χ2v) is 8.32. The van der Waals surface area contributed by atoms with Gasteiger partial charge in [0.15, 0.2) is 0 Å². The topological polar surface area (TPSA) is 56.8 Å². The highest BCUT2D eigenvalue weighted by atomic mass is 28.4. The van der Waals surface area contributed by atoms with Crippen LogP contribution >= 0.6 is 0 Å². The third kappa shape index (κ3) is 7.38. The Kier molecular flexibility index (Phi) is 9.29. The molecule has 0 atom stereocenters. The molecule has 0 aromatic heterocycles. The van der Waals surface area contributed by atoms with Gasteiger partial charge in [0.05, 0.1) is 0 Å². The minimum Gasteiger partial charge on any atom is -0.374 e. The maximum atomic E-state index is 11.8. The Hall–Kier alpha value is -0.433. The lowest BCUT2D eigenvalue weighted by Crippen LogP contribution is -2.46. The van der Waals surface area contributed by atoms with Crippen LogP contribution in [0.3, 0.4) is 0 Å². The average molecular weight is 305 g/mol. The molecule has 0 fully saturated rings. The molecule has 0 bridgehead atoms. The minimum atomic E-state index is -2.56. The zero-order valence-corrected chi connectivity index (χ0v) is 14.9. The lowest BCUT2D eigenvalue weighted by atomic mass is 9.96. The fourth-order valence-corrected chi connectivity index (χ4v) is 4.39. The van der Waals surface area contributed by atoms with Crippen LogP contribution in [0.15, 0.2) is 0 Å². The Morgan fingerprint density at radius 2 is 1.45 bits per heavy atom. The van der Waals surface area contributed by atoms with Crippen molar-refractivity contribution in [2.75, 3.05) is 26.4 Å². The Morgan fingerprint density at radius 1 is 1.00 bits per heavy atom. The predicted octanol–water partition coefficient (Wildman–Crippen LogP) is 2.59. The van der Waals surface area contributed by atoms with Gasteiger partial charge in [-0.2, -0.15) is 0 Å². The van der Waals surface area contributed by atoms with Gasteiger partial charge in [-0.3, -0.25) is 4.79 Å². The second kappa shape index (κ2) is 9.49. The quantitative estimate of drug-likeness (QED) is 0.498. The summed E-state index contributed by atoms with van der Waals surface area (Å²) in [4.78, 5) is 11.8. The number of hydrogen-bond donors (Lipinski definition) is 1. The van der Waals surface area contributed by atoms with Gasteiger partial charge in [-0.05, 0) is 27.2 Å². The molecule has 20 heavy (non-hydrogen) atoms. The van der Waals surface area contributed by atoms with Gasteiger partial charge >= 0.3 is 8.80 Å². The highest BCUT2D eigenvalue weighted by molar-refractivity contribution is 6.60. The maximum Gasteiger partial charge on any atom is 0.500 e. The molecular formula is C14H31NO4Si. The molecule has 5 nitrogen and oxygen atoms in total. The third-order valence-electron chi connectivity index (χ3n) is 2.72. The van der Waals surface area contributed by atoms with E-state index in [-0.39, 0.29) is 11.3 Å². The van der Waals surface area contributed by atoms with Crippen LogP contribution in [0.2, 0.25) is 6.04 Å². The molecule has 0 aliphatic carbocycles. The zero-order chi connectivity index (χ0) is 15.6. The number of carbonyl (C=O) groups is 1. The molecule has 0 aliphatic heterocycles. The first-order valence-corrected chi connectivity index (χ1v) is 9.44. The maximum absolute atomic E-state index is 11.8. The van der Waals surface area contributed by atoms with Gasteiger partial charge in [0.25, 0.3) is 0 Å². The van der Waals surface area contributed by atoms with Gasteiger partial charge in [0.2, 0.25) is 5.91 Å². The Balaban J connectivity index is 4.29. The first kappa shape index (κ1) is 19.6. The smallest absolute Gasteiger partial charge is 0.374 e. The lowest BCUT2D eigenvalue weighted by Gasteiger charge is -2.28. The Morgan fingerprint density at radius 3 is 1.80 bits per heavy atom. The molecule has 0 radical (unpaired) electrons. The van der Waals surface area contributed by atoms with Crippen molar-refractivity contribution < 1.29 is 18.1 Å². The van der Waals surface area contributed by atoms with E-state index in [0.717, 1.165) is 12.5 Å². The van der Waals surface area contributed by atoms with E-state index in [2.05, 4.69) is 5.32 Å². The van der Waals surface area contributed by atoms with Gasteiger partial charge in [0, 0.05) is 37.8 Å². The summed E-state index contributed by atoms with van der Waals surface area (Å²) in [5, 5.41) is 2.94. The summed E-state index contributed by atoms with van der Waals surface area (Å²) in [6, 6.07) is 0.729. The molecule has 0 saturated carbocycles. The summed E-state index contributed by atoms with van der Waals surface area (Å²) in [7, 11) is -2.56. The van der Waals surface area contributed by atoms with Crippen LogP contribution in [-0.2, 0) is 18.1 Å². The van der Waals surface area contributed by atoms with E-state index in [9.17, 15) is 4.79 Å². The molecule has 1 amide bonds. The lowest BCUT2D eigenvalue weighted by molar-refractivity contribution is -0.128. The molecule has 0 aliphatic rings. The molecule has 0 unspecified atom stereocenters. The van der Waals surface area contributed by atoms with E-state index in [1.807, 2.05) is 41.5 Å². The predicted molar refractivity (Wildman–Crippen MR) is 82.5 cm³/mol.